The van der Waals surface area contributed by atoms with Gasteiger partial charge in [-0.15, -0.1) is 0 Å². The second-order valence-corrected chi connectivity index (χ2v) is 13.6. The number of fused-ring (bicyclic) bond motifs is 3. The van der Waals surface area contributed by atoms with Crippen LogP contribution in [0.4, 0.5) is 0 Å². The molecule has 0 aliphatic carbocycles. The zero-order valence-electron chi connectivity index (χ0n) is 25.9. The highest BCUT2D eigenvalue weighted by molar-refractivity contribution is 7.90. The molecule has 1 saturated heterocycles. The van der Waals surface area contributed by atoms with Crippen LogP contribution in [0.3, 0.4) is 0 Å². The monoisotopic (exact) mass is 651 g/mol. The smallest absolute Gasteiger partial charge is 0.269 e. The van der Waals surface area contributed by atoms with E-state index in [0.29, 0.717) is 23.9 Å². The van der Waals surface area contributed by atoms with Crippen molar-refractivity contribution in [2.24, 2.45) is 7.05 Å². The molecule has 0 spiro atoms. The molecule has 7 aromatic rings. The van der Waals surface area contributed by atoms with Crippen LogP contribution in [0, 0.1) is 11.3 Å². The van der Waals surface area contributed by atoms with E-state index in [1.807, 2.05) is 55.7 Å². The van der Waals surface area contributed by atoms with E-state index in [-0.39, 0.29) is 39.6 Å². The van der Waals surface area contributed by atoms with Gasteiger partial charge in [0.2, 0.25) is 0 Å². The van der Waals surface area contributed by atoms with Gasteiger partial charge in [0.1, 0.15) is 12.2 Å². The molecule has 10 nitrogen and oxygen atoms in total. The summed E-state index contributed by atoms with van der Waals surface area (Å²) in [5, 5.41) is 15.5. The van der Waals surface area contributed by atoms with Crippen LogP contribution in [0.5, 0.6) is 5.75 Å². The molecule has 0 saturated carbocycles. The predicted molar refractivity (Wildman–Crippen MR) is 182 cm³/mol. The number of likely N-dealkylation sites (tertiary alicyclic amines) is 1. The summed E-state index contributed by atoms with van der Waals surface area (Å²) in [5.41, 5.74) is 4.48. The fraction of sp³-hybridized carbons (Fsp3) is 0.135. The van der Waals surface area contributed by atoms with Crippen molar-refractivity contribution >= 4 is 32.0 Å². The third-order valence-electron chi connectivity index (χ3n) is 8.74. The lowest BCUT2D eigenvalue weighted by Gasteiger charge is -2.44. The van der Waals surface area contributed by atoms with Gasteiger partial charge in [-0.25, -0.2) is 22.4 Å². The summed E-state index contributed by atoms with van der Waals surface area (Å²) in [6, 6.07) is 33.0. The average molecular weight is 652 g/mol. The minimum atomic E-state index is -4.11. The maximum absolute atomic E-state index is 14.2. The molecule has 0 bridgehead atoms. The van der Waals surface area contributed by atoms with E-state index < -0.39 is 10.0 Å². The molecule has 48 heavy (non-hydrogen) atoms. The molecule has 5 heterocycles. The third-order valence-corrected chi connectivity index (χ3v) is 10.5. The highest BCUT2D eigenvalue weighted by atomic mass is 32.2. The highest BCUT2D eigenvalue weighted by Gasteiger charge is 2.37. The number of pyridine rings is 2. The molecular formula is C37H29N7O3S. The average Bonchev–Trinajstić information content (AvgIpc) is 3.69. The molecule has 0 amide bonds. The summed E-state index contributed by atoms with van der Waals surface area (Å²) in [6.45, 7) is 1.19. The molecule has 0 N–H and O–H groups in total. The van der Waals surface area contributed by atoms with Crippen LogP contribution < -0.4 is 4.74 Å². The van der Waals surface area contributed by atoms with Gasteiger partial charge in [-0.2, -0.15) is 10.4 Å². The number of hydrogen-bond acceptors (Lipinski definition) is 8. The van der Waals surface area contributed by atoms with Gasteiger partial charge in [0, 0.05) is 49.0 Å². The van der Waals surface area contributed by atoms with E-state index in [9.17, 15) is 13.7 Å². The number of nitrogens with zero attached hydrogens (tertiary/aromatic N) is 7. The van der Waals surface area contributed by atoms with Crippen molar-refractivity contribution in [2.75, 3.05) is 13.1 Å². The zero-order valence-corrected chi connectivity index (χ0v) is 26.7. The predicted octanol–water partition coefficient (Wildman–Crippen LogP) is 5.95. The molecule has 236 valence electrons. The maximum Gasteiger partial charge on any atom is 0.269 e. The maximum atomic E-state index is 14.2. The Kier molecular flexibility index (Phi) is 7.24. The van der Waals surface area contributed by atoms with Crippen LogP contribution in [0.2, 0.25) is 0 Å². The molecule has 1 aliphatic heterocycles. The minimum absolute atomic E-state index is 0.0285. The number of aryl methyl sites for hydroxylation is 1. The normalized spacial score (nSPS) is 13.9. The molecule has 8 rings (SSSR count). The molecule has 1 aliphatic rings. The molecular weight excluding hydrogens is 623 g/mol. The van der Waals surface area contributed by atoms with E-state index in [4.69, 9.17) is 4.74 Å². The third kappa shape index (κ3) is 4.99. The Morgan fingerprint density at radius 3 is 2.10 bits per heavy atom. The summed E-state index contributed by atoms with van der Waals surface area (Å²) >= 11 is 0. The highest BCUT2D eigenvalue weighted by Crippen LogP contribution is 2.41. The van der Waals surface area contributed by atoms with Crippen LogP contribution in [0.15, 0.2) is 127 Å². The first-order chi connectivity index (χ1) is 23.4. The second kappa shape index (κ2) is 11.8. The first-order valence-electron chi connectivity index (χ1n) is 15.5. The lowest BCUT2D eigenvalue weighted by atomic mass is 9.94. The van der Waals surface area contributed by atoms with Gasteiger partial charge in [0.15, 0.2) is 17.1 Å². The van der Waals surface area contributed by atoms with Gasteiger partial charge in [-0.1, -0.05) is 78.9 Å². The number of nitriles is 1. The second-order valence-electron chi connectivity index (χ2n) is 11.8. The fourth-order valence-electron chi connectivity index (χ4n) is 6.49. The van der Waals surface area contributed by atoms with Crippen molar-refractivity contribution in [3.05, 3.63) is 139 Å². The first kappa shape index (κ1) is 29.6. The lowest BCUT2D eigenvalue weighted by molar-refractivity contribution is 0.000824. The quantitative estimate of drug-likeness (QED) is 0.198. The molecule has 0 radical (unpaired) electrons. The summed E-state index contributed by atoms with van der Waals surface area (Å²) in [4.78, 5) is 11.5. The Morgan fingerprint density at radius 2 is 1.50 bits per heavy atom. The van der Waals surface area contributed by atoms with Gasteiger partial charge < -0.3 is 4.74 Å². The molecule has 3 aromatic carbocycles. The fourth-order valence-corrected chi connectivity index (χ4v) is 7.97. The van der Waals surface area contributed by atoms with Crippen LogP contribution in [0.1, 0.15) is 22.9 Å². The van der Waals surface area contributed by atoms with Crippen molar-refractivity contribution in [1.29, 1.82) is 5.26 Å². The molecule has 0 atom stereocenters. The van der Waals surface area contributed by atoms with Crippen molar-refractivity contribution < 1.29 is 13.2 Å². The van der Waals surface area contributed by atoms with Gasteiger partial charge in [-0.05, 0) is 29.3 Å². The van der Waals surface area contributed by atoms with Crippen molar-refractivity contribution in [3.63, 3.8) is 0 Å². The van der Waals surface area contributed by atoms with E-state index in [1.165, 1.54) is 21.3 Å². The van der Waals surface area contributed by atoms with Crippen molar-refractivity contribution in [2.45, 2.75) is 17.0 Å². The Morgan fingerprint density at radius 1 is 0.854 bits per heavy atom. The lowest BCUT2D eigenvalue weighted by Crippen LogP contribution is -2.55. The van der Waals surface area contributed by atoms with Gasteiger partial charge >= 0.3 is 0 Å². The van der Waals surface area contributed by atoms with Crippen LogP contribution in [-0.2, 0) is 17.1 Å². The summed E-state index contributed by atoms with van der Waals surface area (Å²) < 4.78 is 37.9. The van der Waals surface area contributed by atoms with E-state index >= 15 is 0 Å². The molecule has 0 unspecified atom stereocenters. The van der Waals surface area contributed by atoms with Gasteiger partial charge in [0.25, 0.3) is 10.0 Å². The van der Waals surface area contributed by atoms with E-state index in [0.717, 1.165) is 11.1 Å². The molecule has 1 fully saturated rings. The summed E-state index contributed by atoms with van der Waals surface area (Å²) in [5.74, 6) is 0.243. The first-order valence-corrected chi connectivity index (χ1v) is 16.9. The zero-order chi connectivity index (χ0) is 32.8. The Labute approximate surface area is 277 Å². The SMILES string of the molecule is Cn1cc(-c2cnc3c(c2)c2c(OC4CN(C(c5ccccc5)c5ccccc5)C4)c(C#N)ncc2n3S(=O)(=O)c2ccccc2)cn1. The number of rotatable bonds is 8. The summed E-state index contributed by atoms with van der Waals surface area (Å²) in [7, 11) is -2.28. The van der Waals surface area contributed by atoms with Crippen LogP contribution >= 0.6 is 0 Å². The Hall–Kier alpha value is -5.83. The summed E-state index contributed by atoms with van der Waals surface area (Å²) in [6.07, 6.45) is 6.37. The minimum Gasteiger partial charge on any atom is -0.484 e. The topological polar surface area (TPSA) is 119 Å². The molecule has 4 aromatic heterocycles. The molecule has 11 heteroatoms. The van der Waals surface area contributed by atoms with Crippen molar-refractivity contribution in [1.82, 2.24) is 28.6 Å². The van der Waals surface area contributed by atoms with E-state index in [2.05, 4.69) is 50.3 Å². The van der Waals surface area contributed by atoms with Crippen molar-refractivity contribution in [3.8, 4) is 22.9 Å². The number of benzene rings is 3. The van der Waals surface area contributed by atoms with Crippen LogP contribution in [-0.4, -0.2) is 56.2 Å². The standard InChI is InChI=1S/C37H29N7O3S/c1-42-22-28(20-41-42)27-17-31-34-33(44(37(31)40-19-27)48(45,46)30-15-9-4-10-16-30)21-39-32(18-38)36(34)47-29-23-43(24-29)35(25-11-5-2-6-12-25)26-13-7-3-8-14-26/h2-17,19-22,29,35H,23-24H2,1H3. The number of aromatic nitrogens is 5. The van der Waals surface area contributed by atoms with Gasteiger partial charge in [0.05, 0.1) is 34.2 Å². The number of hydrogen-bond donors (Lipinski definition) is 0. The van der Waals surface area contributed by atoms with E-state index in [1.54, 1.807) is 47.4 Å². The van der Waals surface area contributed by atoms with Gasteiger partial charge in [-0.3, -0.25) is 9.58 Å². The Bertz CT molecular complexity index is 2390. The Balaban J connectivity index is 1.25. The number of ether oxygens (including phenoxy) is 1. The largest absolute Gasteiger partial charge is 0.484 e. The van der Waals surface area contributed by atoms with Crippen LogP contribution in [0.25, 0.3) is 33.1 Å².